The molecule has 1 aromatic heterocycles. The molecule has 1 aliphatic rings. The molecule has 0 amide bonds. The van der Waals surface area contributed by atoms with Crippen LogP contribution in [0.1, 0.15) is 18.1 Å². The van der Waals surface area contributed by atoms with E-state index in [0.29, 0.717) is 12.6 Å². The zero-order valence-corrected chi connectivity index (χ0v) is 13.5. The molecule has 6 heteroatoms. The van der Waals surface area contributed by atoms with Gasteiger partial charge in [0.05, 0.1) is 12.7 Å². The Labute approximate surface area is 136 Å². The maximum Gasteiger partial charge on any atom is 0.123 e. The number of nitrogens with zero attached hydrogens (tertiary/aromatic N) is 3. The van der Waals surface area contributed by atoms with Crippen LogP contribution in [-0.4, -0.2) is 40.4 Å². The van der Waals surface area contributed by atoms with Crippen molar-refractivity contribution in [2.45, 2.75) is 26.1 Å². The number of halogens is 2. The summed E-state index contributed by atoms with van der Waals surface area (Å²) in [5.41, 5.74) is 2.28. The fourth-order valence-corrected chi connectivity index (χ4v) is 2.70. The Hall–Kier alpha value is -1.43. The van der Waals surface area contributed by atoms with Crippen LogP contribution in [0.4, 0.5) is 4.39 Å². The van der Waals surface area contributed by atoms with Gasteiger partial charge >= 0.3 is 0 Å². The van der Waals surface area contributed by atoms with Gasteiger partial charge in [0.2, 0.25) is 0 Å². The Morgan fingerprint density at radius 1 is 1.23 bits per heavy atom. The molecule has 1 N–H and O–H groups in total. The van der Waals surface area contributed by atoms with Crippen LogP contribution >= 0.6 is 12.4 Å². The first-order valence-corrected chi connectivity index (χ1v) is 7.41. The summed E-state index contributed by atoms with van der Waals surface area (Å²) in [6.07, 6.45) is 4.01. The fourth-order valence-electron chi connectivity index (χ4n) is 2.70. The van der Waals surface area contributed by atoms with Gasteiger partial charge in [-0.25, -0.2) is 4.39 Å². The number of hydrogen-bond acceptors (Lipinski definition) is 3. The van der Waals surface area contributed by atoms with Crippen LogP contribution in [0.3, 0.4) is 0 Å². The van der Waals surface area contributed by atoms with Gasteiger partial charge in [-0.15, -0.1) is 12.4 Å². The Kier molecular flexibility index (Phi) is 5.94. The van der Waals surface area contributed by atoms with E-state index in [-0.39, 0.29) is 18.2 Å². The average Bonchev–Trinajstić information content (AvgIpc) is 2.91. The third-order valence-electron chi connectivity index (χ3n) is 3.97. The number of benzene rings is 1. The second kappa shape index (κ2) is 7.72. The number of piperazine rings is 1. The predicted octanol–water partition coefficient (Wildman–Crippen LogP) is 2.29. The average molecular weight is 325 g/mol. The highest BCUT2D eigenvalue weighted by Gasteiger charge is 2.18. The van der Waals surface area contributed by atoms with Crippen molar-refractivity contribution in [2.75, 3.05) is 19.6 Å². The highest BCUT2D eigenvalue weighted by Crippen LogP contribution is 2.11. The first kappa shape index (κ1) is 16.9. The van der Waals surface area contributed by atoms with Crippen molar-refractivity contribution in [3.05, 3.63) is 53.6 Å². The summed E-state index contributed by atoms with van der Waals surface area (Å²) in [6.45, 7) is 7.03. The topological polar surface area (TPSA) is 33.1 Å². The summed E-state index contributed by atoms with van der Waals surface area (Å²) in [4.78, 5) is 2.47. The first-order chi connectivity index (χ1) is 10.2. The third-order valence-corrected chi connectivity index (χ3v) is 3.97. The third kappa shape index (κ3) is 4.29. The van der Waals surface area contributed by atoms with Crippen molar-refractivity contribution in [1.82, 2.24) is 20.0 Å². The highest BCUT2D eigenvalue weighted by molar-refractivity contribution is 5.85. The molecule has 1 saturated heterocycles. The molecule has 1 fully saturated rings. The van der Waals surface area contributed by atoms with Crippen LogP contribution in [0.2, 0.25) is 0 Å². The van der Waals surface area contributed by atoms with E-state index in [0.717, 1.165) is 31.7 Å². The summed E-state index contributed by atoms with van der Waals surface area (Å²) in [7, 11) is 0. The number of hydrogen-bond donors (Lipinski definition) is 1. The molecular formula is C16H22ClFN4. The lowest BCUT2D eigenvalue weighted by Crippen LogP contribution is -2.49. The zero-order chi connectivity index (χ0) is 14.7. The van der Waals surface area contributed by atoms with Gasteiger partial charge in [-0.2, -0.15) is 5.10 Å². The van der Waals surface area contributed by atoms with Crippen molar-refractivity contribution in [3.63, 3.8) is 0 Å². The van der Waals surface area contributed by atoms with Crippen molar-refractivity contribution in [3.8, 4) is 0 Å². The van der Waals surface area contributed by atoms with Crippen LogP contribution in [-0.2, 0) is 13.1 Å². The van der Waals surface area contributed by atoms with Gasteiger partial charge in [0.25, 0.3) is 0 Å². The number of nitrogens with one attached hydrogen (secondary N) is 1. The van der Waals surface area contributed by atoms with E-state index in [9.17, 15) is 4.39 Å². The van der Waals surface area contributed by atoms with Crippen LogP contribution in [0, 0.1) is 5.82 Å². The van der Waals surface area contributed by atoms with Crippen molar-refractivity contribution < 1.29 is 4.39 Å². The largest absolute Gasteiger partial charge is 0.314 e. The van der Waals surface area contributed by atoms with Gasteiger partial charge < -0.3 is 5.32 Å². The monoisotopic (exact) mass is 324 g/mol. The first-order valence-electron chi connectivity index (χ1n) is 7.41. The molecule has 1 atom stereocenters. The highest BCUT2D eigenvalue weighted by atomic mass is 35.5. The Morgan fingerprint density at radius 3 is 2.73 bits per heavy atom. The van der Waals surface area contributed by atoms with Crippen molar-refractivity contribution in [2.24, 2.45) is 0 Å². The van der Waals surface area contributed by atoms with Gasteiger partial charge in [-0.1, -0.05) is 12.1 Å². The van der Waals surface area contributed by atoms with Crippen LogP contribution in [0.25, 0.3) is 0 Å². The molecule has 0 bridgehead atoms. The SMILES string of the molecule is C[C@H]1CNCCN1Cc1cnn(Cc2ccc(F)cc2)c1.Cl. The normalized spacial score (nSPS) is 18.9. The zero-order valence-electron chi connectivity index (χ0n) is 12.7. The molecular weight excluding hydrogens is 303 g/mol. The lowest BCUT2D eigenvalue weighted by molar-refractivity contribution is 0.165. The predicted molar refractivity (Wildman–Crippen MR) is 87.7 cm³/mol. The van der Waals surface area contributed by atoms with Gasteiger partial charge in [0.1, 0.15) is 5.82 Å². The van der Waals surface area contributed by atoms with E-state index in [1.54, 1.807) is 12.1 Å². The van der Waals surface area contributed by atoms with Crippen molar-refractivity contribution in [1.29, 1.82) is 0 Å². The molecule has 0 aliphatic carbocycles. The summed E-state index contributed by atoms with van der Waals surface area (Å²) in [5.74, 6) is -0.201. The minimum atomic E-state index is -0.201. The molecule has 0 radical (unpaired) electrons. The molecule has 3 rings (SSSR count). The molecule has 2 heterocycles. The number of rotatable bonds is 4. The molecule has 2 aromatic rings. The summed E-state index contributed by atoms with van der Waals surface area (Å²) in [5, 5.41) is 7.80. The van der Waals surface area contributed by atoms with E-state index in [4.69, 9.17) is 0 Å². The maximum atomic E-state index is 12.9. The Balaban J connectivity index is 0.00000176. The van der Waals surface area contributed by atoms with E-state index in [1.807, 2.05) is 10.9 Å². The molecule has 0 unspecified atom stereocenters. The summed E-state index contributed by atoms with van der Waals surface area (Å²) >= 11 is 0. The minimum Gasteiger partial charge on any atom is -0.314 e. The van der Waals surface area contributed by atoms with Crippen LogP contribution in [0.15, 0.2) is 36.7 Å². The lowest BCUT2D eigenvalue weighted by Gasteiger charge is -2.33. The molecule has 1 aromatic carbocycles. The van der Waals surface area contributed by atoms with Crippen LogP contribution in [0.5, 0.6) is 0 Å². The molecule has 120 valence electrons. The van der Waals surface area contributed by atoms with E-state index >= 15 is 0 Å². The van der Waals surface area contributed by atoms with Gasteiger partial charge in [0, 0.05) is 44.0 Å². The molecule has 4 nitrogen and oxygen atoms in total. The quantitative estimate of drug-likeness (QED) is 0.936. The van der Waals surface area contributed by atoms with Gasteiger partial charge in [-0.3, -0.25) is 9.58 Å². The summed E-state index contributed by atoms with van der Waals surface area (Å²) < 4.78 is 14.8. The van der Waals surface area contributed by atoms with Gasteiger partial charge in [0.15, 0.2) is 0 Å². The fraction of sp³-hybridized carbons (Fsp3) is 0.438. The molecule has 22 heavy (non-hydrogen) atoms. The molecule has 0 spiro atoms. The second-order valence-electron chi connectivity index (χ2n) is 5.70. The maximum absolute atomic E-state index is 12.9. The number of aromatic nitrogens is 2. The Morgan fingerprint density at radius 2 is 2.00 bits per heavy atom. The smallest absolute Gasteiger partial charge is 0.123 e. The van der Waals surface area contributed by atoms with Crippen molar-refractivity contribution >= 4 is 12.4 Å². The van der Waals surface area contributed by atoms with Gasteiger partial charge in [-0.05, 0) is 24.6 Å². The second-order valence-corrected chi connectivity index (χ2v) is 5.70. The standard InChI is InChI=1S/C16H21FN4.ClH/c1-13-8-18-6-7-20(13)10-15-9-19-21(12-15)11-14-2-4-16(17)5-3-14;/h2-5,9,12-13,18H,6-8,10-11H2,1H3;1H/t13-;/m0./s1. The van der Waals surface area contributed by atoms with E-state index in [2.05, 4.69) is 28.4 Å². The molecule has 0 saturated carbocycles. The summed E-state index contributed by atoms with van der Waals surface area (Å²) in [6, 6.07) is 7.13. The van der Waals surface area contributed by atoms with Crippen LogP contribution < -0.4 is 5.32 Å². The minimum absolute atomic E-state index is 0. The van der Waals surface area contributed by atoms with E-state index in [1.165, 1.54) is 17.7 Å². The molecule has 1 aliphatic heterocycles. The van der Waals surface area contributed by atoms with E-state index < -0.39 is 0 Å². The lowest BCUT2D eigenvalue weighted by atomic mass is 10.2. The Bertz CT molecular complexity index is 584.